The van der Waals surface area contributed by atoms with Crippen LogP contribution in [-0.2, 0) is 20.9 Å². The van der Waals surface area contributed by atoms with E-state index in [1.165, 1.54) is 0 Å². The Hall–Kier alpha value is -2.70. The second-order valence-electron chi connectivity index (χ2n) is 5.81. The molecule has 3 rings (SSSR count). The molecule has 126 valence electrons. The van der Waals surface area contributed by atoms with E-state index in [1.54, 1.807) is 0 Å². The molecule has 24 heavy (non-hydrogen) atoms. The molecule has 0 spiro atoms. The molecule has 0 saturated carbocycles. The Morgan fingerprint density at radius 1 is 1.17 bits per heavy atom. The summed E-state index contributed by atoms with van der Waals surface area (Å²) in [7, 11) is 0. The summed E-state index contributed by atoms with van der Waals surface area (Å²) in [5.41, 5.74) is 1.80. The van der Waals surface area contributed by atoms with Gasteiger partial charge in [0.2, 0.25) is 23.7 Å². The predicted octanol–water partition coefficient (Wildman–Crippen LogP) is 1.92. The monoisotopic (exact) mass is 328 g/mol. The molecule has 0 radical (unpaired) electrons. The van der Waals surface area contributed by atoms with Gasteiger partial charge in [-0.25, -0.2) is 4.98 Å². The number of hydrogen-bond acceptors (Lipinski definition) is 4. The minimum atomic E-state index is -0.254. The van der Waals surface area contributed by atoms with Gasteiger partial charge in [-0.2, -0.15) is 0 Å². The normalized spacial score (nSPS) is 14.6. The van der Waals surface area contributed by atoms with Gasteiger partial charge in [-0.3, -0.25) is 24.6 Å². The summed E-state index contributed by atoms with van der Waals surface area (Å²) in [5.74, 6) is -0.158. The van der Waals surface area contributed by atoms with Gasteiger partial charge in [0.1, 0.15) is 0 Å². The summed E-state index contributed by atoms with van der Waals surface area (Å²) in [6.07, 6.45) is 1.48. The number of fused-ring (bicyclic) bond motifs is 1. The summed E-state index contributed by atoms with van der Waals surface area (Å²) in [5, 5.41) is 2.80. The first-order valence-corrected chi connectivity index (χ1v) is 8.18. The van der Waals surface area contributed by atoms with Crippen LogP contribution >= 0.6 is 0 Å². The van der Waals surface area contributed by atoms with Crippen LogP contribution in [-0.4, -0.2) is 38.7 Å². The molecule has 7 nitrogen and oxygen atoms in total. The summed E-state index contributed by atoms with van der Waals surface area (Å²) in [6, 6.07) is 7.71. The van der Waals surface area contributed by atoms with Crippen molar-refractivity contribution in [2.24, 2.45) is 0 Å². The molecule has 2 heterocycles. The molecule has 2 aromatic rings. The molecule has 1 aliphatic rings. The number of imidazole rings is 1. The Labute approximate surface area is 139 Å². The zero-order chi connectivity index (χ0) is 17.1. The highest BCUT2D eigenvalue weighted by atomic mass is 16.2. The molecule has 1 N–H and O–H groups in total. The lowest BCUT2D eigenvalue weighted by atomic mass is 10.3. The highest BCUT2D eigenvalue weighted by Crippen LogP contribution is 2.20. The van der Waals surface area contributed by atoms with Crippen LogP contribution in [0.5, 0.6) is 0 Å². The molecule has 7 heteroatoms. The van der Waals surface area contributed by atoms with Crippen molar-refractivity contribution in [2.75, 3.05) is 11.9 Å². The second kappa shape index (κ2) is 6.82. The van der Waals surface area contributed by atoms with E-state index in [0.29, 0.717) is 5.95 Å². The highest BCUT2D eigenvalue weighted by molar-refractivity contribution is 6.02. The first kappa shape index (κ1) is 16.2. The van der Waals surface area contributed by atoms with E-state index in [-0.39, 0.29) is 43.5 Å². The van der Waals surface area contributed by atoms with Crippen LogP contribution in [0.2, 0.25) is 0 Å². The van der Waals surface area contributed by atoms with Crippen molar-refractivity contribution in [3.8, 4) is 0 Å². The number of benzene rings is 1. The van der Waals surface area contributed by atoms with Crippen molar-refractivity contribution in [3.05, 3.63) is 24.3 Å². The Balaban J connectivity index is 1.70. The Kier molecular flexibility index (Phi) is 4.59. The molecule has 0 aliphatic carbocycles. The zero-order valence-corrected chi connectivity index (χ0v) is 13.6. The number of hydrogen-bond donors (Lipinski definition) is 1. The van der Waals surface area contributed by atoms with Crippen LogP contribution in [0.3, 0.4) is 0 Å². The summed E-state index contributed by atoms with van der Waals surface area (Å²) >= 11 is 0. The third-order valence-electron chi connectivity index (χ3n) is 4.07. The second-order valence-corrected chi connectivity index (χ2v) is 5.81. The minimum Gasteiger partial charge on any atom is -0.310 e. The van der Waals surface area contributed by atoms with Gasteiger partial charge in [-0.05, 0) is 18.6 Å². The van der Waals surface area contributed by atoms with E-state index in [2.05, 4.69) is 17.2 Å². The number of nitrogens with one attached hydrogen (secondary N) is 1. The summed E-state index contributed by atoms with van der Waals surface area (Å²) in [4.78, 5) is 41.0. The lowest BCUT2D eigenvalue weighted by Crippen LogP contribution is -2.32. The van der Waals surface area contributed by atoms with Crippen LogP contribution in [0, 0.1) is 0 Å². The maximum Gasteiger partial charge on any atom is 0.229 e. The number of likely N-dealkylation sites (tertiary alicyclic amines) is 1. The molecule has 1 fully saturated rings. The maximum atomic E-state index is 12.2. The van der Waals surface area contributed by atoms with E-state index in [4.69, 9.17) is 0 Å². The molecule has 0 unspecified atom stereocenters. The summed E-state index contributed by atoms with van der Waals surface area (Å²) in [6.45, 7) is 2.93. The van der Waals surface area contributed by atoms with Gasteiger partial charge >= 0.3 is 0 Å². The Morgan fingerprint density at radius 2 is 1.88 bits per heavy atom. The number of rotatable bonds is 6. The number of nitrogens with zero attached hydrogens (tertiary/aromatic N) is 3. The first-order valence-electron chi connectivity index (χ1n) is 8.18. The fourth-order valence-corrected chi connectivity index (χ4v) is 2.89. The molecule has 3 amide bonds. The number of carbonyl (C=O) groups is 3. The molecule has 1 aliphatic heterocycles. The van der Waals surface area contributed by atoms with E-state index >= 15 is 0 Å². The minimum absolute atomic E-state index is 0.0762. The number of aromatic nitrogens is 2. The van der Waals surface area contributed by atoms with E-state index in [0.717, 1.165) is 28.9 Å². The standard InChI is InChI=1S/C17H20N4O3/c1-2-10-20-13-6-4-3-5-12(13)18-17(20)19-14(22)9-11-21-15(23)7-8-16(21)24/h3-6H,2,7-11H2,1H3,(H,18,19,22). The van der Waals surface area contributed by atoms with Crippen molar-refractivity contribution in [1.82, 2.24) is 14.5 Å². The van der Waals surface area contributed by atoms with Crippen LogP contribution in [0.15, 0.2) is 24.3 Å². The van der Waals surface area contributed by atoms with Crippen LogP contribution in [0.1, 0.15) is 32.6 Å². The number of carbonyl (C=O) groups excluding carboxylic acids is 3. The number of anilines is 1. The molecule has 0 atom stereocenters. The number of imide groups is 1. The van der Waals surface area contributed by atoms with Crippen LogP contribution in [0.25, 0.3) is 11.0 Å². The molecule has 1 saturated heterocycles. The van der Waals surface area contributed by atoms with Crippen molar-refractivity contribution >= 4 is 34.7 Å². The molecular formula is C17H20N4O3. The Bertz CT molecular complexity index is 780. The van der Waals surface area contributed by atoms with Gasteiger partial charge in [-0.1, -0.05) is 19.1 Å². The first-order chi connectivity index (χ1) is 11.6. The molecular weight excluding hydrogens is 308 g/mol. The average Bonchev–Trinajstić information content (AvgIpc) is 3.07. The lowest BCUT2D eigenvalue weighted by molar-refractivity contribution is -0.138. The van der Waals surface area contributed by atoms with Gasteiger partial charge in [0.05, 0.1) is 11.0 Å². The SMILES string of the molecule is CCCn1c(NC(=O)CCN2C(=O)CCC2=O)nc2ccccc21. The largest absolute Gasteiger partial charge is 0.310 e. The van der Waals surface area contributed by atoms with E-state index in [1.807, 2.05) is 28.8 Å². The lowest BCUT2D eigenvalue weighted by Gasteiger charge is -2.13. The highest BCUT2D eigenvalue weighted by Gasteiger charge is 2.28. The molecule has 1 aromatic carbocycles. The van der Waals surface area contributed by atoms with Crippen molar-refractivity contribution < 1.29 is 14.4 Å². The maximum absolute atomic E-state index is 12.2. The topological polar surface area (TPSA) is 84.3 Å². The van der Waals surface area contributed by atoms with Crippen molar-refractivity contribution in [1.29, 1.82) is 0 Å². The predicted molar refractivity (Wildman–Crippen MR) is 89.2 cm³/mol. The third-order valence-corrected chi connectivity index (χ3v) is 4.07. The fourth-order valence-electron chi connectivity index (χ4n) is 2.89. The average molecular weight is 328 g/mol. The quantitative estimate of drug-likeness (QED) is 0.821. The van der Waals surface area contributed by atoms with Crippen molar-refractivity contribution in [3.63, 3.8) is 0 Å². The van der Waals surface area contributed by atoms with E-state index in [9.17, 15) is 14.4 Å². The molecule has 0 bridgehead atoms. The zero-order valence-electron chi connectivity index (χ0n) is 13.6. The third kappa shape index (κ3) is 3.15. The number of amides is 3. The summed E-state index contributed by atoms with van der Waals surface area (Å²) < 4.78 is 1.97. The van der Waals surface area contributed by atoms with Crippen molar-refractivity contribution in [2.45, 2.75) is 39.2 Å². The van der Waals surface area contributed by atoms with Crippen LogP contribution < -0.4 is 5.32 Å². The van der Waals surface area contributed by atoms with Crippen LogP contribution in [0.4, 0.5) is 5.95 Å². The van der Waals surface area contributed by atoms with Gasteiger partial charge in [-0.15, -0.1) is 0 Å². The Morgan fingerprint density at radius 3 is 2.58 bits per heavy atom. The van der Waals surface area contributed by atoms with E-state index < -0.39 is 0 Å². The van der Waals surface area contributed by atoms with Gasteiger partial charge in [0.15, 0.2) is 0 Å². The number of aryl methyl sites for hydroxylation is 1. The fraction of sp³-hybridized carbons (Fsp3) is 0.412. The molecule has 1 aromatic heterocycles. The smallest absolute Gasteiger partial charge is 0.229 e. The van der Waals surface area contributed by atoms with Gasteiger partial charge in [0, 0.05) is 32.4 Å². The van der Waals surface area contributed by atoms with Gasteiger partial charge < -0.3 is 4.57 Å². The number of para-hydroxylation sites is 2. The van der Waals surface area contributed by atoms with Gasteiger partial charge in [0.25, 0.3) is 0 Å².